The van der Waals surface area contributed by atoms with Crippen molar-refractivity contribution in [3.8, 4) is 11.4 Å². The van der Waals surface area contributed by atoms with Crippen LogP contribution in [0.1, 0.15) is 48.7 Å². The normalized spacial score (nSPS) is 17.6. The number of aromatic nitrogens is 4. The number of alkyl halides is 3. The summed E-state index contributed by atoms with van der Waals surface area (Å²) in [7, 11) is 0. The number of imidazole rings is 2. The Morgan fingerprint density at radius 1 is 1.06 bits per heavy atom. The van der Waals surface area contributed by atoms with E-state index in [0.717, 1.165) is 74.2 Å². The van der Waals surface area contributed by atoms with Crippen molar-refractivity contribution in [2.75, 3.05) is 13.1 Å². The number of nitrogens with zero attached hydrogens (tertiary/aromatic N) is 4. The zero-order valence-corrected chi connectivity index (χ0v) is 18.0. The maximum Gasteiger partial charge on any atom is 0.416 e. The number of H-pyrrole nitrogens is 1. The van der Waals surface area contributed by atoms with Crippen LogP contribution in [0, 0.1) is 6.92 Å². The molecule has 168 valence electrons. The van der Waals surface area contributed by atoms with Gasteiger partial charge in [0.25, 0.3) is 0 Å². The van der Waals surface area contributed by atoms with Gasteiger partial charge in [0.2, 0.25) is 0 Å². The zero-order valence-electron chi connectivity index (χ0n) is 18.0. The van der Waals surface area contributed by atoms with Gasteiger partial charge in [-0.15, -0.1) is 0 Å². The number of hydrogen-bond acceptors (Lipinski definition) is 3. The first-order valence-corrected chi connectivity index (χ1v) is 11.1. The van der Waals surface area contributed by atoms with E-state index >= 15 is 0 Å². The molecular weight excluding hydrogens is 415 g/mol. The van der Waals surface area contributed by atoms with E-state index < -0.39 is 11.7 Å². The summed E-state index contributed by atoms with van der Waals surface area (Å²) >= 11 is 0. The summed E-state index contributed by atoms with van der Waals surface area (Å²) < 4.78 is 40.8. The number of fused-ring (bicyclic) bond motifs is 1. The van der Waals surface area contributed by atoms with Gasteiger partial charge in [-0.25, -0.2) is 9.97 Å². The molecule has 32 heavy (non-hydrogen) atoms. The van der Waals surface area contributed by atoms with Crippen molar-refractivity contribution in [3.05, 3.63) is 58.2 Å². The van der Waals surface area contributed by atoms with Crippen LogP contribution in [0.25, 0.3) is 23.5 Å². The summed E-state index contributed by atoms with van der Waals surface area (Å²) in [5.41, 5.74) is 1.91. The fourth-order valence-corrected chi connectivity index (χ4v) is 4.66. The number of halogens is 3. The van der Waals surface area contributed by atoms with Crippen molar-refractivity contribution in [2.24, 2.45) is 0 Å². The third-order valence-electron chi connectivity index (χ3n) is 6.50. The lowest BCUT2D eigenvalue weighted by Gasteiger charge is -2.32. The first kappa shape index (κ1) is 21.0. The van der Waals surface area contributed by atoms with Gasteiger partial charge >= 0.3 is 6.18 Å². The van der Waals surface area contributed by atoms with Gasteiger partial charge in [0, 0.05) is 36.9 Å². The summed E-state index contributed by atoms with van der Waals surface area (Å²) in [6.07, 6.45) is 6.44. The van der Waals surface area contributed by atoms with E-state index in [0.29, 0.717) is 17.4 Å². The van der Waals surface area contributed by atoms with Crippen molar-refractivity contribution in [2.45, 2.75) is 51.4 Å². The van der Waals surface area contributed by atoms with Crippen LogP contribution in [-0.4, -0.2) is 37.5 Å². The molecule has 1 aliphatic carbocycles. The van der Waals surface area contributed by atoms with E-state index in [2.05, 4.69) is 36.6 Å². The molecule has 8 heteroatoms. The Morgan fingerprint density at radius 3 is 2.50 bits per heavy atom. The third kappa shape index (κ3) is 4.11. The van der Waals surface area contributed by atoms with Crippen molar-refractivity contribution in [1.29, 1.82) is 0 Å². The van der Waals surface area contributed by atoms with Crippen molar-refractivity contribution < 1.29 is 13.2 Å². The van der Waals surface area contributed by atoms with E-state index in [-0.39, 0.29) is 0 Å². The molecule has 0 spiro atoms. The Hall–Kier alpha value is -2.87. The highest BCUT2D eigenvalue weighted by molar-refractivity contribution is 5.56. The molecular formula is C24H26F3N5. The van der Waals surface area contributed by atoms with Crippen molar-refractivity contribution in [3.63, 3.8) is 0 Å². The van der Waals surface area contributed by atoms with Crippen molar-refractivity contribution >= 4 is 12.2 Å². The van der Waals surface area contributed by atoms with Crippen LogP contribution in [0.3, 0.4) is 0 Å². The lowest BCUT2D eigenvalue weighted by Crippen LogP contribution is -2.39. The van der Waals surface area contributed by atoms with Gasteiger partial charge in [-0.2, -0.15) is 13.2 Å². The molecule has 3 aromatic rings. The number of likely N-dealkylation sites (tertiary alicyclic amines) is 1. The van der Waals surface area contributed by atoms with E-state index in [1.54, 1.807) is 0 Å². The Morgan fingerprint density at radius 2 is 1.78 bits per heavy atom. The van der Waals surface area contributed by atoms with Crippen LogP contribution in [0.4, 0.5) is 13.2 Å². The van der Waals surface area contributed by atoms with Crippen LogP contribution in [-0.2, 0) is 12.7 Å². The Kier molecular flexibility index (Phi) is 5.41. The van der Waals surface area contributed by atoms with Gasteiger partial charge in [0.15, 0.2) is 0 Å². The smallest absolute Gasteiger partial charge is 0.342 e. The molecule has 0 radical (unpaired) electrons. The van der Waals surface area contributed by atoms with Crippen LogP contribution in [0.15, 0.2) is 30.6 Å². The summed E-state index contributed by atoms with van der Waals surface area (Å²) in [6.45, 7) is 4.65. The van der Waals surface area contributed by atoms with E-state index in [9.17, 15) is 13.2 Å². The van der Waals surface area contributed by atoms with Gasteiger partial charge in [-0.3, -0.25) is 4.90 Å². The molecule has 0 amide bonds. The average Bonchev–Trinajstić information content (AvgIpc) is 3.38. The average molecular weight is 442 g/mol. The molecule has 0 unspecified atom stereocenters. The molecule has 1 saturated heterocycles. The minimum atomic E-state index is -4.33. The Bertz CT molecular complexity index is 1210. The molecule has 1 fully saturated rings. The largest absolute Gasteiger partial charge is 0.416 e. The van der Waals surface area contributed by atoms with Crippen LogP contribution in [0.5, 0.6) is 0 Å². The molecule has 5 nitrogen and oxygen atoms in total. The van der Waals surface area contributed by atoms with Gasteiger partial charge in [0.1, 0.15) is 5.82 Å². The fraction of sp³-hybridized carbons (Fsp3) is 0.417. The number of piperidine rings is 1. The highest BCUT2D eigenvalue weighted by Crippen LogP contribution is 2.31. The number of benzene rings is 1. The molecule has 1 aromatic carbocycles. The molecule has 0 saturated carbocycles. The second kappa shape index (κ2) is 8.24. The molecule has 2 aliphatic rings. The minimum absolute atomic E-state index is 0.466. The van der Waals surface area contributed by atoms with E-state index in [1.165, 1.54) is 17.5 Å². The minimum Gasteiger partial charge on any atom is -0.342 e. The number of rotatable bonds is 4. The topological polar surface area (TPSA) is 49.7 Å². The second-order valence-electron chi connectivity index (χ2n) is 8.65. The lowest BCUT2D eigenvalue weighted by atomic mass is 10.0. The van der Waals surface area contributed by atoms with Crippen LogP contribution in [0.2, 0.25) is 0 Å². The first-order chi connectivity index (χ1) is 15.4. The first-order valence-electron chi connectivity index (χ1n) is 11.1. The Labute approximate surface area is 184 Å². The quantitative estimate of drug-likeness (QED) is 0.670. The predicted octanol–water partition coefficient (Wildman–Crippen LogP) is 3.79. The number of aryl methyl sites for hydroxylation is 1. The fourth-order valence-electron chi connectivity index (χ4n) is 4.66. The Balaban J connectivity index is 1.24. The standard InChI is InChI=1S/C24H26F3N5/c1-16-21(30-23(29-16)17-6-8-18(9-7-17)24(25,26)27)14-31-12-10-19(11-13-31)32-15-28-20-4-2-3-5-22(20)32/h4-9,15,19H,2-3,10-14H2,1H3,(H,29,30). The number of hydrogen-bond donors (Lipinski definition) is 1. The van der Waals surface area contributed by atoms with Crippen LogP contribution < -0.4 is 10.7 Å². The summed E-state index contributed by atoms with van der Waals surface area (Å²) in [5, 5.41) is 2.38. The van der Waals surface area contributed by atoms with E-state index in [4.69, 9.17) is 0 Å². The molecule has 1 N–H and O–H groups in total. The second-order valence-corrected chi connectivity index (χ2v) is 8.65. The highest BCUT2D eigenvalue weighted by atomic mass is 19.4. The van der Waals surface area contributed by atoms with Gasteiger partial charge in [0.05, 0.1) is 28.3 Å². The van der Waals surface area contributed by atoms with Gasteiger partial charge in [-0.05, 0) is 44.7 Å². The number of aromatic amines is 1. The predicted molar refractivity (Wildman–Crippen MR) is 117 cm³/mol. The van der Waals surface area contributed by atoms with Crippen molar-refractivity contribution in [1.82, 2.24) is 24.4 Å². The summed E-state index contributed by atoms with van der Waals surface area (Å²) in [6, 6.07) is 5.60. The van der Waals surface area contributed by atoms with E-state index in [1.807, 2.05) is 13.3 Å². The SMILES string of the molecule is Cc1[nH]c(-c2ccc(C(F)(F)F)cc2)nc1CN1CCC(n2cnc3c2=CCCC=3)CC1. The molecule has 0 bridgehead atoms. The summed E-state index contributed by atoms with van der Waals surface area (Å²) in [5.74, 6) is 0.609. The summed E-state index contributed by atoms with van der Waals surface area (Å²) in [4.78, 5) is 14.9. The monoisotopic (exact) mass is 441 g/mol. The zero-order chi connectivity index (χ0) is 22.3. The lowest BCUT2D eigenvalue weighted by molar-refractivity contribution is -0.137. The van der Waals surface area contributed by atoms with Gasteiger partial charge in [-0.1, -0.05) is 24.3 Å². The maximum atomic E-state index is 12.8. The van der Waals surface area contributed by atoms with Gasteiger partial charge < -0.3 is 9.55 Å². The number of nitrogens with one attached hydrogen (secondary N) is 1. The molecule has 5 rings (SSSR count). The molecule has 1 aliphatic heterocycles. The van der Waals surface area contributed by atoms with Crippen LogP contribution >= 0.6 is 0 Å². The molecule has 2 aromatic heterocycles. The highest BCUT2D eigenvalue weighted by Gasteiger charge is 2.30. The maximum absolute atomic E-state index is 12.8. The molecule has 0 atom stereocenters. The molecule has 3 heterocycles. The third-order valence-corrected chi connectivity index (χ3v) is 6.50.